The first-order valence-electron chi connectivity index (χ1n) is 7.57. The van der Waals surface area contributed by atoms with Gasteiger partial charge in [0.05, 0.1) is 5.52 Å². The summed E-state index contributed by atoms with van der Waals surface area (Å²) in [6, 6.07) is 8.86. The molecule has 2 heterocycles. The first-order chi connectivity index (χ1) is 9.79. The van der Waals surface area contributed by atoms with E-state index in [2.05, 4.69) is 47.2 Å². The number of hydrogen-bond acceptors (Lipinski definition) is 4. The van der Waals surface area contributed by atoms with Crippen LogP contribution in [-0.4, -0.2) is 29.1 Å². The summed E-state index contributed by atoms with van der Waals surface area (Å²) in [4.78, 5) is 11.8. The summed E-state index contributed by atoms with van der Waals surface area (Å²) in [6.07, 6.45) is 3.57. The Morgan fingerprint density at radius 1 is 1.30 bits per heavy atom. The van der Waals surface area contributed by atoms with Crippen LogP contribution in [0.15, 0.2) is 24.3 Å². The molecule has 1 atom stereocenters. The van der Waals surface area contributed by atoms with Crippen molar-refractivity contribution >= 4 is 22.7 Å². The van der Waals surface area contributed by atoms with E-state index < -0.39 is 0 Å². The Bertz CT molecular complexity index is 596. The number of nitrogens with one attached hydrogen (secondary N) is 1. The molecule has 1 unspecified atom stereocenters. The maximum atomic E-state index is 4.77. The molecule has 1 aliphatic rings. The third-order valence-electron chi connectivity index (χ3n) is 3.94. The molecule has 0 saturated carbocycles. The van der Waals surface area contributed by atoms with E-state index in [0.29, 0.717) is 6.04 Å². The highest BCUT2D eigenvalue weighted by Crippen LogP contribution is 2.30. The summed E-state index contributed by atoms with van der Waals surface area (Å²) in [5.74, 6) is 1.83. The van der Waals surface area contributed by atoms with Gasteiger partial charge in [0.25, 0.3) is 0 Å². The molecule has 0 bridgehead atoms. The van der Waals surface area contributed by atoms with Crippen LogP contribution < -0.4 is 10.2 Å². The van der Waals surface area contributed by atoms with E-state index in [4.69, 9.17) is 4.98 Å². The lowest BCUT2D eigenvalue weighted by molar-refractivity contribution is 0.729. The number of benzene rings is 1. The molecule has 0 radical (unpaired) electrons. The number of hydrogen-bond donors (Lipinski definition) is 1. The van der Waals surface area contributed by atoms with Crippen molar-refractivity contribution in [2.45, 2.75) is 39.2 Å². The highest BCUT2D eigenvalue weighted by atomic mass is 15.3. The lowest BCUT2D eigenvalue weighted by Gasteiger charge is -2.24. The highest BCUT2D eigenvalue weighted by molar-refractivity contribution is 5.90. The highest BCUT2D eigenvalue weighted by Gasteiger charge is 2.24. The molecule has 1 saturated heterocycles. The van der Waals surface area contributed by atoms with Crippen LogP contribution in [0.5, 0.6) is 0 Å². The fourth-order valence-corrected chi connectivity index (χ4v) is 2.84. The average Bonchev–Trinajstić information content (AvgIpc) is 2.90. The van der Waals surface area contributed by atoms with E-state index in [1.807, 2.05) is 6.07 Å². The van der Waals surface area contributed by atoms with E-state index >= 15 is 0 Å². The molecule has 1 aliphatic heterocycles. The van der Waals surface area contributed by atoms with E-state index in [1.54, 1.807) is 0 Å². The van der Waals surface area contributed by atoms with Crippen LogP contribution in [0.4, 0.5) is 11.8 Å². The Kier molecular flexibility index (Phi) is 3.72. The first kappa shape index (κ1) is 13.2. The SMILES string of the molecule is CCCNc1nc(N2CCCC2C)c2ccccc2n1. The topological polar surface area (TPSA) is 41.1 Å². The molecule has 0 amide bonds. The molecule has 4 heteroatoms. The predicted molar refractivity (Wildman–Crippen MR) is 84.4 cm³/mol. The fraction of sp³-hybridized carbons (Fsp3) is 0.500. The summed E-state index contributed by atoms with van der Waals surface area (Å²) in [5.41, 5.74) is 1.02. The van der Waals surface area contributed by atoms with E-state index in [0.717, 1.165) is 42.2 Å². The zero-order valence-corrected chi connectivity index (χ0v) is 12.3. The van der Waals surface area contributed by atoms with Crippen molar-refractivity contribution in [1.82, 2.24) is 9.97 Å². The molecule has 20 heavy (non-hydrogen) atoms. The average molecular weight is 270 g/mol. The molecule has 0 aliphatic carbocycles. The Hall–Kier alpha value is -1.84. The van der Waals surface area contributed by atoms with Crippen LogP contribution in [0, 0.1) is 0 Å². The lowest BCUT2D eigenvalue weighted by atomic mass is 10.2. The monoisotopic (exact) mass is 270 g/mol. The molecular formula is C16H22N4. The van der Waals surface area contributed by atoms with Gasteiger partial charge in [0.2, 0.25) is 5.95 Å². The Labute approximate surface area is 120 Å². The number of nitrogens with zero attached hydrogens (tertiary/aromatic N) is 3. The van der Waals surface area contributed by atoms with Gasteiger partial charge in [-0.2, -0.15) is 4.98 Å². The quantitative estimate of drug-likeness (QED) is 0.924. The number of anilines is 2. The zero-order chi connectivity index (χ0) is 13.9. The zero-order valence-electron chi connectivity index (χ0n) is 12.3. The second kappa shape index (κ2) is 5.65. The molecular weight excluding hydrogens is 248 g/mol. The number of rotatable bonds is 4. The third-order valence-corrected chi connectivity index (χ3v) is 3.94. The van der Waals surface area contributed by atoms with Gasteiger partial charge in [0.1, 0.15) is 5.82 Å². The minimum Gasteiger partial charge on any atom is -0.354 e. The minimum absolute atomic E-state index is 0.562. The van der Waals surface area contributed by atoms with Crippen molar-refractivity contribution in [1.29, 1.82) is 0 Å². The van der Waals surface area contributed by atoms with Gasteiger partial charge in [-0.05, 0) is 38.3 Å². The van der Waals surface area contributed by atoms with Crippen LogP contribution in [0.3, 0.4) is 0 Å². The van der Waals surface area contributed by atoms with Gasteiger partial charge in [-0.15, -0.1) is 0 Å². The molecule has 1 aromatic carbocycles. The molecule has 1 aromatic heterocycles. The van der Waals surface area contributed by atoms with Gasteiger partial charge in [0, 0.05) is 24.5 Å². The summed E-state index contributed by atoms with van der Waals surface area (Å²) in [6.45, 7) is 6.43. The maximum absolute atomic E-state index is 4.77. The van der Waals surface area contributed by atoms with Crippen molar-refractivity contribution in [3.63, 3.8) is 0 Å². The smallest absolute Gasteiger partial charge is 0.225 e. The molecule has 0 spiro atoms. The largest absolute Gasteiger partial charge is 0.354 e. The number of para-hydroxylation sites is 1. The second-order valence-corrected chi connectivity index (χ2v) is 5.50. The molecule has 2 aromatic rings. The Morgan fingerprint density at radius 3 is 2.90 bits per heavy atom. The summed E-state index contributed by atoms with van der Waals surface area (Å²) in [5, 5.41) is 4.47. The maximum Gasteiger partial charge on any atom is 0.225 e. The van der Waals surface area contributed by atoms with Crippen LogP contribution in [0.2, 0.25) is 0 Å². The number of aromatic nitrogens is 2. The van der Waals surface area contributed by atoms with Crippen LogP contribution in [-0.2, 0) is 0 Å². The summed E-state index contributed by atoms with van der Waals surface area (Å²) in [7, 11) is 0. The number of fused-ring (bicyclic) bond motifs is 1. The van der Waals surface area contributed by atoms with Crippen LogP contribution in [0.1, 0.15) is 33.1 Å². The summed E-state index contributed by atoms with van der Waals surface area (Å²) < 4.78 is 0. The van der Waals surface area contributed by atoms with Crippen molar-refractivity contribution in [2.75, 3.05) is 23.3 Å². The van der Waals surface area contributed by atoms with Crippen molar-refractivity contribution < 1.29 is 0 Å². The fourth-order valence-electron chi connectivity index (χ4n) is 2.84. The molecule has 4 nitrogen and oxygen atoms in total. The van der Waals surface area contributed by atoms with Crippen molar-refractivity contribution in [2.24, 2.45) is 0 Å². The molecule has 106 valence electrons. The van der Waals surface area contributed by atoms with Crippen LogP contribution >= 0.6 is 0 Å². The van der Waals surface area contributed by atoms with Gasteiger partial charge >= 0.3 is 0 Å². The van der Waals surface area contributed by atoms with Gasteiger partial charge in [-0.25, -0.2) is 4.98 Å². The molecule has 1 fully saturated rings. The van der Waals surface area contributed by atoms with E-state index in [9.17, 15) is 0 Å². The normalized spacial score (nSPS) is 18.7. The first-order valence-corrected chi connectivity index (χ1v) is 7.57. The van der Waals surface area contributed by atoms with Gasteiger partial charge in [0.15, 0.2) is 0 Å². The standard InChI is InChI=1S/C16H22N4/c1-3-10-17-16-18-14-9-5-4-8-13(14)15(19-16)20-11-6-7-12(20)2/h4-5,8-9,12H,3,6-7,10-11H2,1-2H3,(H,17,18,19). The third kappa shape index (κ3) is 2.42. The van der Waals surface area contributed by atoms with Crippen LogP contribution in [0.25, 0.3) is 10.9 Å². The molecule has 1 N–H and O–H groups in total. The minimum atomic E-state index is 0.562. The van der Waals surface area contributed by atoms with E-state index in [-0.39, 0.29) is 0 Å². The lowest BCUT2D eigenvalue weighted by Crippen LogP contribution is -2.27. The second-order valence-electron chi connectivity index (χ2n) is 5.50. The van der Waals surface area contributed by atoms with Gasteiger partial charge < -0.3 is 10.2 Å². The van der Waals surface area contributed by atoms with Gasteiger partial charge in [-0.1, -0.05) is 19.1 Å². The summed E-state index contributed by atoms with van der Waals surface area (Å²) >= 11 is 0. The van der Waals surface area contributed by atoms with Crippen molar-refractivity contribution in [3.8, 4) is 0 Å². The van der Waals surface area contributed by atoms with E-state index in [1.165, 1.54) is 12.8 Å². The van der Waals surface area contributed by atoms with Gasteiger partial charge in [-0.3, -0.25) is 0 Å². The molecule has 3 rings (SSSR count). The Balaban J connectivity index is 2.07. The predicted octanol–water partition coefficient (Wildman–Crippen LogP) is 3.44. The van der Waals surface area contributed by atoms with Crippen molar-refractivity contribution in [3.05, 3.63) is 24.3 Å². The Morgan fingerprint density at radius 2 is 2.15 bits per heavy atom.